The van der Waals surface area contributed by atoms with E-state index in [2.05, 4.69) is 78.8 Å². The van der Waals surface area contributed by atoms with Gasteiger partial charge in [0.25, 0.3) is 0 Å². The second kappa shape index (κ2) is 4.91. The van der Waals surface area contributed by atoms with Crippen LogP contribution in [0.5, 0.6) is 0 Å². The maximum atomic E-state index is 2.41. The van der Waals surface area contributed by atoms with E-state index >= 15 is 0 Å². The highest BCUT2D eigenvalue weighted by Crippen LogP contribution is 2.42. The molecule has 0 N–H and O–H groups in total. The van der Waals surface area contributed by atoms with Gasteiger partial charge in [-0.1, -0.05) is 48.5 Å². The first kappa shape index (κ1) is 13.4. The third-order valence-corrected chi connectivity index (χ3v) is 4.80. The summed E-state index contributed by atoms with van der Waals surface area (Å²) < 4.78 is 4.73. The Morgan fingerprint density at radius 3 is 1.82 bits per heavy atom. The van der Waals surface area contributed by atoms with Gasteiger partial charge < -0.3 is 0 Å². The molecule has 0 amide bonds. The standard InChI is InChI=1S/C20H22N2/c1-14(2)22-20-18-11-7-5-9-16(18)13-12-15-8-4-6-10-17(15)19(20)21(22)3/h4-11,14H,12-13H2,1-3H3. The van der Waals surface area contributed by atoms with Gasteiger partial charge in [0.05, 0.1) is 11.4 Å². The van der Waals surface area contributed by atoms with Crippen LogP contribution in [0.3, 0.4) is 0 Å². The second-order valence-corrected chi connectivity index (χ2v) is 6.47. The van der Waals surface area contributed by atoms with E-state index in [0.717, 1.165) is 12.8 Å². The van der Waals surface area contributed by atoms with Crippen molar-refractivity contribution in [2.45, 2.75) is 32.7 Å². The van der Waals surface area contributed by atoms with Crippen molar-refractivity contribution < 1.29 is 0 Å². The lowest BCUT2D eigenvalue weighted by atomic mass is 9.88. The highest BCUT2D eigenvalue weighted by molar-refractivity contribution is 5.84. The Balaban J connectivity index is 2.05. The molecular weight excluding hydrogens is 268 g/mol. The van der Waals surface area contributed by atoms with Crippen LogP contribution in [0.25, 0.3) is 22.5 Å². The number of benzene rings is 2. The molecule has 2 aromatic carbocycles. The Hall–Kier alpha value is -2.22. The summed E-state index contributed by atoms with van der Waals surface area (Å²) in [4.78, 5) is 0. The molecule has 2 nitrogen and oxygen atoms in total. The second-order valence-electron chi connectivity index (χ2n) is 6.47. The Bertz CT molecular complexity index is 833. The molecule has 0 bridgehead atoms. The number of fused-ring (bicyclic) bond motifs is 5. The molecule has 0 fully saturated rings. The molecule has 0 radical (unpaired) electrons. The zero-order chi connectivity index (χ0) is 15.3. The van der Waals surface area contributed by atoms with Crippen molar-refractivity contribution in [2.24, 2.45) is 7.05 Å². The van der Waals surface area contributed by atoms with Crippen LogP contribution in [0, 0.1) is 0 Å². The van der Waals surface area contributed by atoms with Crippen molar-refractivity contribution in [2.75, 3.05) is 0 Å². The molecule has 1 aliphatic rings. The maximum absolute atomic E-state index is 2.41. The molecule has 112 valence electrons. The molecule has 3 aromatic rings. The number of aromatic nitrogens is 2. The first-order chi connectivity index (χ1) is 10.7. The fraction of sp³-hybridized carbons (Fsp3) is 0.300. The zero-order valence-electron chi connectivity index (χ0n) is 13.5. The molecule has 0 atom stereocenters. The number of hydrogen-bond acceptors (Lipinski definition) is 0. The Kier molecular flexibility index (Phi) is 3.00. The van der Waals surface area contributed by atoms with Gasteiger partial charge in [-0.2, -0.15) is 0 Å². The molecular formula is C20H22N2. The highest BCUT2D eigenvalue weighted by atomic mass is 15.4. The largest absolute Gasteiger partial charge is 0.285 e. The lowest BCUT2D eigenvalue weighted by Crippen LogP contribution is -2.28. The van der Waals surface area contributed by atoms with Crippen LogP contribution < -0.4 is 0 Å². The minimum atomic E-state index is 0.461. The first-order valence-electron chi connectivity index (χ1n) is 8.12. The van der Waals surface area contributed by atoms with Gasteiger partial charge in [0.2, 0.25) is 0 Å². The summed E-state index contributed by atoms with van der Waals surface area (Å²) in [5.41, 5.74) is 8.48. The lowest BCUT2D eigenvalue weighted by Gasteiger charge is -2.35. The van der Waals surface area contributed by atoms with Gasteiger partial charge in [-0.05, 0) is 37.8 Å². The SMILES string of the molecule is CC(C)n1c2c(n1C)-c1ccccc1CCc1ccccc1-2. The van der Waals surface area contributed by atoms with Gasteiger partial charge in [0.1, 0.15) is 0 Å². The van der Waals surface area contributed by atoms with E-state index in [-0.39, 0.29) is 0 Å². The summed E-state index contributed by atoms with van der Waals surface area (Å²) in [6, 6.07) is 18.2. The van der Waals surface area contributed by atoms with Crippen LogP contribution in [0.2, 0.25) is 0 Å². The van der Waals surface area contributed by atoms with E-state index in [9.17, 15) is 0 Å². The van der Waals surface area contributed by atoms with E-state index in [0.29, 0.717) is 6.04 Å². The monoisotopic (exact) mass is 290 g/mol. The lowest BCUT2D eigenvalue weighted by molar-refractivity contribution is 0.419. The number of rotatable bonds is 1. The summed E-state index contributed by atoms with van der Waals surface area (Å²) in [5.74, 6) is 0. The van der Waals surface area contributed by atoms with Gasteiger partial charge in [-0.15, -0.1) is 0 Å². The van der Waals surface area contributed by atoms with Crippen LogP contribution in [0.15, 0.2) is 48.5 Å². The molecule has 22 heavy (non-hydrogen) atoms. The predicted molar refractivity (Wildman–Crippen MR) is 92.1 cm³/mol. The van der Waals surface area contributed by atoms with Gasteiger partial charge in [-0.3, -0.25) is 9.36 Å². The number of aryl methyl sites for hydroxylation is 2. The van der Waals surface area contributed by atoms with Gasteiger partial charge in [0, 0.05) is 24.2 Å². The van der Waals surface area contributed by atoms with Crippen LogP contribution in [0.1, 0.15) is 31.0 Å². The number of hydrogen-bond donors (Lipinski definition) is 0. The van der Waals surface area contributed by atoms with Crippen molar-refractivity contribution in [1.82, 2.24) is 9.36 Å². The van der Waals surface area contributed by atoms with Crippen molar-refractivity contribution in [3.8, 4) is 22.5 Å². The van der Waals surface area contributed by atoms with Crippen molar-refractivity contribution >= 4 is 0 Å². The molecule has 0 saturated carbocycles. The molecule has 0 unspecified atom stereocenters. The minimum Gasteiger partial charge on any atom is -0.285 e. The molecule has 1 heterocycles. The van der Waals surface area contributed by atoms with E-state index in [1.54, 1.807) is 0 Å². The molecule has 1 aromatic heterocycles. The highest BCUT2D eigenvalue weighted by Gasteiger charge is 2.27. The maximum Gasteiger partial charge on any atom is 0.0910 e. The number of nitrogens with zero attached hydrogens (tertiary/aromatic N) is 2. The van der Waals surface area contributed by atoms with Crippen molar-refractivity contribution in [3.63, 3.8) is 0 Å². The van der Waals surface area contributed by atoms with E-state index in [1.165, 1.54) is 33.6 Å². The molecule has 1 aliphatic carbocycles. The smallest absolute Gasteiger partial charge is 0.0910 e. The van der Waals surface area contributed by atoms with E-state index < -0.39 is 0 Å². The van der Waals surface area contributed by atoms with Gasteiger partial charge in [-0.25, -0.2) is 0 Å². The molecule has 4 rings (SSSR count). The van der Waals surface area contributed by atoms with Crippen molar-refractivity contribution in [3.05, 3.63) is 59.7 Å². The Labute approximate surface area is 132 Å². The van der Waals surface area contributed by atoms with Crippen molar-refractivity contribution in [1.29, 1.82) is 0 Å². The molecule has 0 aliphatic heterocycles. The van der Waals surface area contributed by atoms with Crippen LogP contribution in [0.4, 0.5) is 0 Å². The topological polar surface area (TPSA) is 9.86 Å². The summed E-state index contributed by atoms with van der Waals surface area (Å²) in [6.07, 6.45) is 2.22. The van der Waals surface area contributed by atoms with E-state index in [1.807, 2.05) is 0 Å². The predicted octanol–water partition coefficient (Wildman–Crippen LogP) is 4.84. The van der Waals surface area contributed by atoms with Crippen LogP contribution in [-0.2, 0) is 19.9 Å². The molecule has 0 saturated heterocycles. The average Bonchev–Trinajstić information content (AvgIpc) is 2.50. The Morgan fingerprint density at radius 1 is 0.773 bits per heavy atom. The third kappa shape index (κ3) is 1.80. The van der Waals surface area contributed by atoms with Gasteiger partial charge in [0.15, 0.2) is 0 Å². The van der Waals surface area contributed by atoms with Crippen LogP contribution in [-0.4, -0.2) is 9.36 Å². The zero-order valence-corrected chi connectivity index (χ0v) is 13.5. The summed E-state index contributed by atoms with van der Waals surface area (Å²) in [5, 5.41) is 0. The minimum absolute atomic E-state index is 0.461. The molecule has 2 heteroatoms. The quantitative estimate of drug-likeness (QED) is 0.607. The fourth-order valence-electron chi connectivity index (χ4n) is 3.84. The first-order valence-corrected chi connectivity index (χ1v) is 8.12. The average molecular weight is 290 g/mol. The summed E-state index contributed by atoms with van der Waals surface area (Å²) >= 11 is 0. The Morgan fingerprint density at radius 2 is 1.27 bits per heavy atom. The third-order valence-electron chi connectivity index (χ3n) is 4.80. The van der Waals surface area contributed by atoms with Gasteiger partial charge >= 0.3 is 0 Å². The summed E-state index contributed by atoms with van der Waals surface area (Å²) in [6.45, 7) is 4.52. The fourth-order valence-corrected chi connectivity index (χ4v) is 3.84. The normalized spacial score (nSPS) is 13.3. The summed E-state index contributed by atoms with van der Waals surface area (Å²) in [7, 11) is 2.18. The van der Waals surface area contributed by atoms with E-state index in [4.69, 9.17) is 0 Å². The van der Waals surface area contributed by atoms with Crippen LogP contribution >= 0.6 is 0 Å². The molecule has 0 spiro atoms.